The fourth-order valence-electron chi connectivity index (χ4n) is 3.51. The molecule has 0 aliphatic heterocycles. The van der Waals surface area contributed by atoms with Gasteiger partial charge in [-0.05, 0) is 55.2 Å². The predicted octanol–water partition coefficient (Wildman–Crippen LogP) is 4.09. The van der Waals surface area contributed by atoms with E-state index in [1.54, 1.807) is 6.92 Å². The summed E-state index contributed by atoms with van der Waals surface area (Å²) in [7, 11) is 0. The quantitative estimate of drug-likeness (QED) is 0.660. The van der Waals surface area contributed by atoms with Crippen LogP contribution in [0.4, 0.5) is 10.1 Å². The van der Waals surface area contributed by atoms with Crippen molar-refractivity contribution in [1.29, 1.82) is 0 Å². The van der Waals surface area contributed by atoms with Crippen LogP contribution in [-0.2, 0) is 4.74 Å². The third kappa shape index (κ3) is 3.74. The van der Waals surface area contributed by atoms with Crippen LogP contribution in [0.3, 0.4) is 0 Å². The highest BCUT2D eigenvalue weighted by molar-refractivity contribution is 5.91. The second kappa shape index (κ2) is 5.66. The zero-order chi connectivity index (χ0) is 15.8. The third-order valence-electron chi connectivity index (χ3n) is 4.12. The fraction of sp³-hybridized carbons (Fsp3) is 0.588. The molecule has 21 heavy (non-hydrogen) atoms. The Morgan fingerprint density at radius 2 is 2.05 bits per heavy atom. The van der Waals surface area contributed by atoms with Gasteiger partial charge in [0.2, 0.25) is 0 Å². The molecule has 4 heteroatoms. The Hall–Kier alpha value is -1.58. The van der Waals surface area contributed by atoms with Crippen LogP contribution < -0.4 is 5.73 Å². The van der Waals surface area contributed by atoms with Crippen LogP contribution in [0.5, 0.6) is 0 Å². The number of carbonyl (C=O) groups is 1. The van der Waals surface area contributed by atoms with Crippen molar-refractivity contribution in [2.75, 3.05) is 5.73 Å². The Morgan fingerprint density at radius 1 is 1.38 bits per heavy atom. The normalized spacial score (nSPS) is 24.6. The number of hydrogen-bond donors (Lipinski definition) is 1. The first kappa shape index (κ1) is 15.8. The number of esters is 1. The van der Waals surface area contributed by atoms with Crippen LogP contribution in [0.25, 0.3) is 0 Å². The summed E-state index contributed by atoms with van der Waals surface area (Å²) in [6, 6.07) is 2.86. The van der Waals surface area contributed by atoms with E-state index in [-0.39, 0.29) is 17.1 Å². The minimum absolute atomic E-state index is 0.0662. The largest absolute Gasteiger partial charge is 0.459 e. The fourth-order valence-corrected chi connectivity index (χ4v) is 3.51. The summed E-state index contributed by atoms with van der Waals surface area (Å²) in [5.74, 6) is -0.658. The van der Waals surface area contributed by atoms with E-state index in [2.05, 4.69) is 20.8 Å². The van der Waals surface area contributed by atoms with E-state index >= 15 is 0 Å². The minimum Gasteiger partial charge on any atom is -0.459 e. The molecule has 2 unspecified atom stereocenters. The number of nitrogens with two attached hydrogens (primary N) is 1. The molecule has 1 aromatic carbocycles. The van der Waals surface area contributed by atoms with E-state index in [1.807, 2.05) is 0 Å². The molecule has 1 fully saturated rings. The number of benzene rings is 1. The lowest BCUT2D eigenvalue weighted by Crippen LogP contribution is -2.34. The number of anilines is 1. The summed E-state index contributed by atoms with van der Waals surface area (Å²) in [6.45, 7) is 8.10. The molecule has 0 amide bonds. The smallest absolute Gasteiger partial charge is 0.341 e. The van der Waals surface area contributed by atoms with Crippen LogP contribution in [0.1, 0.15) is 56.0 Å². The number of ether oxygens (including phenoxy) is 1. The molecule has 2 atom stereocenters. The summed E-state index contributed by atoms with van der Waals surface area (Å²) >= 11 is 0. The monoisotopic (exact) mass is 293 g/mol. The van der Waals surface area contributed by atoms with Crippen molar-refractivity contribution in [1.82, 2.24) is 0 Å². The minimum atomic E-state index is -0.613. The summed E-state index contributed by atoms with van der Waals surface area (Å²) < 4.78 is 19.6. The molecule has 0 aromatic heterocycles. The first-order valence-corrected chi connectivity index (χ1v) is 7.44. The van der Waals surface area contributed by atoms with E-state index < -0.39 is 11.8 Å². The molecule has 1 aliphatic rings. The lowest BCUT2D eigenvalue weighted by molar-refractivity contribution is -0.00752. The van der Waals surface area contributed by atoms with Crippen molar-refractivity contribution in [3.05, 3.63) is 29.1 Å². The van der Waals surface area contributed by atoms with Gasteiger partial charge in [-0.25, -0.2) is 9.18 Å². The molecule has 0 saturated heterocycles. The lowest BCUT2D eigenvalue weighted by atomic mass is 9.71. The number of nitrogen functional groups attached to an aromatic ring is 1. The average Bonchev–Trinajstić information content (AvgIpc) is 2.30. The highest BCUT2D eigenvalue weighted by Gasteiger charge is 2.34. The maximum Gasteiger partial charge on any atom is 0.341 e. The third-order valence-corrected chi connectivity index (χ3v) is 4.12. The highest BCUT2D eigenvalue weighted by Crippen LogP contribution is 2.40. The van der Waals surface area contributed by atoms with Crippen molar-refractivity contribution >= 4 is 11.7 Å². The zero-order valence-corrected chi connectivity index (χ0v) is 13.2. The molecule has 3 nitrogen and oxygen atoms in total. The second-order valence-electron chi connectivity index (χ2n) is 7.14. The van der Waals surface area contributed by atoms with E-state index in [0.29, 0.717) is 17.2 Å². The molecule has 0 bridgehead atoms. The molecule has 1 aromatic rings. The molecule has 2 N–H and O–H groups in total. The van der Waals surface area contributed by atoms with Crippen molar-refractivity contribution in [2.24, 2.45) is 11.3 Å². The number of aryl methyl sites for hydroxylation is 1. The Balaban J connectivity index is 2.15. The van der Waals surface area contributed by atoms with Crippen LogP contribution in [0, 0.1) is 24.1 Å². The van der Waals surface area contributed by atoms with Crippen LogP contribution in [0.2, 0.25) is 0 Å². The first-order chi connectivity index (χ1) is 9.68. The Morgan fingerprint density at radius 3 is 2.67 bits per heavy atom. The van der Waals surface area contributed by atoms with Crippen molar-refractivity contribution in [2.45, 2.75) is 53.1 Å². The molecule has 1 aliphatic carbocycles. The van der Waals surface area contributed by atoms with E-state index in [4.69, 9.17) is 10.5 Å². The van der Waals surface area contributed by atoms with Crippen LogP contribution in [0.15, 0.2) is 12.1 Å². The topological polar surface area (TPSA) is 52.3 Å². The summed E-state index contributed by atoms with van der Waals surface area (Å²) in [4.78, 5) is 12.2. The van der Waals surface area contributed by atoms with Gasteiger partial charge in [-0.3, -0.25) is 0 Å². The highest BCUT2D eigenvalue weighted by atomic mass is 19.1. The number of hydrogen-bond acceptors (Lipinski definition) is 3. The Kier molecular flexibility index (Phi) is 4.26. The van der Waals surface area contributed by atoms with Gasteiger partial charge in [0.05, 0.1) is 5.56 Å². The van der Waals surface area contributed by atoms with Crippen molar-refractivity contribution in [3.8, 4) is 0 Å². The van der Waals surface area contributed by atoms with Gasteiger partial charge in [-0.15, -0.1) is 0 Å². The first-order valence-electron chi connectivity index (χ1n) is 7.44. The maximum atomic E-state index is 14.1. The molecule has 0 heterocycles. The van der Waals surface area contributed by atoms with E-state index in [0.717, 1.165) is 19.3 Å². The van der Waals surface area contributed by atoms with E-state index in [9.17, 15) is 9.18 Å². The molecule has 0 radical (unpaired) electrons. The number of carbonyl (C=O) groups excluding carboxylic acids is 1. The Labute approximate surface area is 125 Å². The molecule has 1 saturated carbocycles. The summed E-state index contributed by atoms with van der Waals surface area (Å²) in [6.07, 6.45) is 2.61. The molecule has 116 valence electrons. The lowest BCUT2D eigenvalue weighted by Gasteiger charge is -2.38. The van der Waals surface area contributed by atoms with Gasteiger partial charge in [0.25, 0.3) is 0 Å². The van der Waals surface area contributed by atoms with Gasteiger partial charge >= 0.3 is 5.97 Å². The van der Waals surface area contributed by atoms with Gasteiger partial charge in [-0.2, -0.15) is 0 Å². The predicted molar refractivity (Wildman–Crippen MR) is 81.5 cm³/mol. The van der Waals surface area contributed by atoms with Gasteiger partial charge in [0.1, 0.15) is 11.9 Å². The van der Waals surface area contributed by atoms with Gasteiger partial charge in [-0.1, -0.05) is 20.8 Å². The van der Waals surface area contributed by atoms with Crippen molar-refractivity contribution in [3.63, 3.8) is 0 Å². The molecular formula is C17H24FNO2. The summed E-state index contributed by atoms with van der Waals surface area (Å²) in [5, 5.41) is 0. The number of rotatable bonds is 2. The van der Waals surface area contributed by atoms with Gasteiger partial charge in [0.15, 0.2) is 0 Å². The van der Waals surface area contributed by atoms with Crippen LogP contribution in [-0.4, -0.2) is 12.1 Å². The average molecular weight is 293 g/mol. The SMILES string of the molecule is Cc1cc(N)cc(C(=O)OC2CC(C)CC(C)(C)C2)c1F. The van der Waals surface area contributed by atoms with Crippen molar-refractivity contribution < 1.29 is 13.9 Å². The zero-order valence-electron chi connectivity index (χ0n) is 13.2. The van der Waals surface area contributed by atoms with Gasteiger partial charge < -0.3 is 10.5 Å². The molecular weight excluding hydrogens is 269 g/mol. The second-order valence-corrected chi connectivity index (χ2v) is 7.14. The van der Waals surface area contributed by atoms with E-state index in [1.165, 1.54) is 12.1 Å². The van der Waals surface area contributed by atoms with Gasteiger partial charge in [0, 0.05) is 5.69 Å². The number of halogens is 1. The van der Waals surface area contributed by atoms with Crippen LogP contribution >= 0.6 is 0 Å². The maximum absolute atomic E-state index is 14.1. The Bertz CT molecular complexity index is 554. The summed E-state index contributed by atoms with van der Waals surface area (Å²) in [5.41, 5.74) is 6.50. The molecule has 0 spiro atoms. The standard InChI is InChI=1S/C17H24FNO2/c1-10-5-13(9-17(3,4)8-10)21-16(20)14-7-12(19)6-11(2)15(14)18/h6-7,10,13H,5,8-9,19H2,1-4H3. The molecule has 2 rings (SSSR count).